The Morgan fingerprint density at radius 2 is 2.06 bits per heavy atom. The third-order valence-electron chi connectivity index (χ3n) is 2.73. The molecule has 0 saturated carbocycles. The van der Waals surface area contributed by atoms with Gasteiger partial charge in [0.15, 0.2) is 0 Å². The number of aliphatic hydroxyl groups is 2. The van der Waals surface area contributed by atoms with Crippen molar-refractivity contribution in [3.63, 3.8) is 0 Å². The van der Waals surface area contributed by atoms with Gasteiger partial charge in [0.2, 0.25) is 0 Å². The first-order valence-corrected chi connectivity index (χ1v) is 5.47. The van der Waals surface area contributed by atoms with E-state index < -0.39 is 5.41 Å². The quantitative estimate of drug-likeness (QED) is 0.666. The summed E-state index contributed by atoms with van der Waals surface area (Å²) in [5, 5.41) is 21.6. The number of aliphatic hydroxyl groups excluding tert-OH is 2. The van der Waals surface area contributed by atoms with Gasteiger partial charge in [-0.25, -0.2) is 0 Å². The average molecular weight is 224 g/mol. The molecule has 4 nitrogen and oxygen atoms in total. The van der Waals surface area contributed by atoms with Gasteiger partial charge in [-0.1, -0.05) is 13.0 Å². The number of pyridine rings is 1. The zero-order valence-corrected chi connectivity index (χ0v) is 9.85. The Hall–Kier alpha value is -0.970. The van der Waals surface area contributed by atoms with Crippen LogP contribution in [0.1, 0.15) is 25.6 Å². The first kappa shape index (κ1) is 13.1. The van der Waals surface area contributed by atoms with E-state index >= 15 is 0 Å². The number of nitrogens with one attached hydrogen (secondary N) is 1. The largest absolute Gasteiger partial charge is 0.396 e. The minimum absolute atomic E-state index is 0.0363. The summed E-state index contributed by atoms with van der Waals surface area (Å²) in [5.41, 5.74) is 0.476. The van der Waals surface area contributed by atoms with E-state index in [2.05, 4.69) is 10.3 Å². The van der Waals surface area contributed by atoms with E-state index in [9.17, 15) is 0 Å². The van der Waals surface area contributed by atoms with Crippen molar-refractivity contribution in [3.8, 4) is 0 Å². The molecule has 0 saturated heterocycles. The van der Waals surface area contributed by atoms with Crippen LogP contribution in [-0.2, 0) is 0 Å². The summed E-state index contributed by atoms with van der Waals surface area (Å²) in [7, 11) is 0. The Morgan fingerprint density at radius 3 is 2.56 bits per heavy atom. The van der Waals surface area contributed by atoms with Gasteiger partial charge in [0.1, 0.15) is 0 Å². The average Bonchev–Trinajstić information content (AvgIpc) is 2.36. The molecule has 3 N–H and O–H groups in total. The van der Waals surface area contributed by atoms with Crippen LogP contribution in [0.25, 0.3) is 0 Å². The van der Waals surface area contributed by atoms with Gasteiger partial charge in [0.25, 0.3) is 0 Å². The molecule has 0 spiro atoms. The molecule has 16 heavy (non-hydrogen) atoms. The summed E-state index contributed by atoms with van der Waals surface area (Å²) in [6, 6.07) is 5.88. The van der Waals surface area contributed by atoms with Crippen LogP contribution < -0.4 is 5.32 Å². The third-order valence-corrected chi connectivity index (χ3v) is 2.73. The van der Waals surface area contributed by atoms with Crippen LogP contribution in [-0.4, -0.2) is 35.0 Å². The van der Waals surface area contributed by atoms with Crippen LogP contribution >= 0.6 is 0 Å². The highest BCUT2D eigenvalue weighted by Crippen LogP contribution is 2.15. The minimum atomic E-state index is -0.483. The highest BCUT2D eigenvalue weighted by atomic mass is 16.3. The molecule has 90 valence electrons. The lowest BCUT2D eigenvalue weighted by molar-refractivity contribution is 0.0676. The molecule has 1 aromatic rings. The predicted octanol–water partition coefficient (Wildman–Crippen LogP) is 0.723. The van der Waals surface area contributed by atoms with Crippen molar-refractivity contribution in [1.82, 2.24) is 10.3 Å². The summed E-state index contributed by atoms with van der Waals surface area (Å²) in [4.78, 5) is 4.24. The Balaban J connectivity index is 2.50. The summed E-state index contributed by atoms with van der Waals surface area (Å²) >= 11 is 0. The van der Waals surface area contributed by atoms with E-state index in [-0.39, 0.29) is 19.3 Å². The predicted molar refractivity (Wildman–Crippen MR) is 62.9 cm³/mol. The summed E-state index contributed by atoms with van der Waals surface area (Å²) < 4.78 is 0. The van der Waals surface area contributed by atoms with E-state index in [4.69, 9.17) is 10.2 Å². The summed E-state index contributed by atoms with van der Waals surface area (Å²) in [6.07, 6.45) is 1.75. The van der Waals surface area contributed by atoms with Gasteiger partial charge >= 0.3 is 0 Å². The molecular formula is C12H20N2O2. The van der Waals surface area contributed by atoms with Crippen LogP contribution in [0.4, 0.5) is 0 Å². The van der Waals surface area contributed by atoms with Gasteiger partial charge < -0.3 is 15.5 Å². The molecule has 0 aliphatic heterocycles. The van der Waals surface area contributed by atoms with Crippen molar-refractivity contribution in [2.75, 3.05) is 19.8 Å². The SMILES string of the molecule is C[C@@H](NCC(C)(CO)CO)c1ccccn1. The van der Waals surface area contributed by atoms with Gasteiger partial charge in [-0.2, -0.15) is 0 Å². The maximum atomic E-state index is 9.15. The number of nitrogens with zero attached hydrogens (tertiary/aromatic N) is 1. The minimum Gasteiger partial charge on any atom is -0.396 e. The Labute approximate surface area is 96.3 Å². The maximum Gasteiger partial charge on any atom is 0.0570 e. The fraction of sp³-hybridized carbons (Fsp3) is 0.583. The van der Waals surface area contributed by atoms with Crippen molar-refractivity contribution in [1.29, 1.82) is 0 Å². The molecular weight excluding hydrogens is 204 g/mol. The highest BCUT2D eigenvalue weighted by Gasteiger charge is 2.23. The van der Waals surface area contributed by atoms with Gasteiger partial charge in [-0.15, -0.1) is 0 Å². The van der Waals surface area contributed by atoms with Crippen LogP contribution in [0, 0.1) is 5.41 Å². The van der Waals surface area contributed by atoms with E-state index in [1.54, 1.807) is 6.20 Å². The smallest absolute Gasteiger partial charge is 0.0570 e. The fourth-order valence-electron chi connectivity index (χ4n) is 1.30. The topological polar surface area (TPSA) is 65.4 Å². The molecule has 0 aliphatic carbocycles. The molecule has 0 aliphatic rings. The van der Waals surface area contributed by atoms with E-state index in [0.29, 0.717) is 6.54 Å². The van der Waals surface area contributed by atoms with Crippen molar-refractivity contribution in [2.24, 2.45) is 5.41 Å². The molecule has 0 unspecified atom stereocenters. The molecule has 0 radical (unpaired) electrons. The number of rotatable bonds is 6. The van der Waals surface area contributed by atoms with Gasteiger partial charge in [0, 0.05) is 24.2 Å². The third kappa shape index (κ3) is 3.56. The van der Waals surface area contributed by atoms with Crippen LogP contribution in [0.2, 0.25) is 0 Å². The normalized spacial score (nSPS) is 13.8. The van der Waals surface area contributed by atoms with Crippen molar-refractivity contribution in [3.05, 3.63) is 30.1 Å². The number of hydrogen-bond donors (Lipinski definition) is 3. The molecule has 1 aromatic heterocycles. The van der Waals surface area contributed by atoms with E-state index in [0.717, 1.165) is 5.69 Å². The number of hydrogen-bond acceptors (Lipinski definition) is 4. The Morgan fingerprint density at radius 1 is 1.38 bits per heavy atom. The summed E-state index contributed by atoms with van der Waals surface area (Å²) in [6.45, 7) is 4.33. The van der Waals surface area contributed by atoms with Crippen LogP contribution in [0.3, 0.4) is 0 Å². The molecule has 0 amide bonds. The first-order valence-electron chi connectivity index (χ1n) is 5.47. The molecule has 0 bridgehead atoms. The second-order valence-corrected chi connectivity index (χ2v) is 4.48. The fourth-order valence-corrected chi connectivity index (χ4v) is 1.30. The van der Waals surface area contributed by atoms with Gasteiger partial charge in [-0.3, -0.25) is 4.98 Å². The lowest BCUT2D eigenvalue weighted by Gasteiger charge is -2.27. The Bertz CT molecular complexity index is 299. The first-order chi connectivity index (χ1) is 7.61. The monoisotopic (exact) mass is 224 g/mol. The Kier molecular flexibility index (Phi) is 4.86. The molecule has 1 heterocycles. The lowest BCUT2D eigenvalue weighted by atomic mass is 9.92. The summed E-state index contributed by atoms with van der Waals surface area (Å²) in [5.74, 6) is 0. The molecule has 0 aromatic carbocycles. The van der Waals surface area contributed by atoms with Crippen molar-refractivity contribution < 1.29 is 10.2 Å². The standard InChI is InChI=1S/C12H20N2O2/c1-10(11-5-3-4-6-13-11)14-7-12(2,8-15)9-16/h3-6,10,14-16H,7-9H2,1-2H3/t10-/m1/s1. The molecule has 1 atom stereocenters. The van der Waals surface area contributed by atoms with Crippen molar-refractivity contribution in [2.45, 2.75) is 19.9 Å². The zero-order valence-electron chi connectivity index (χ0n) is 9.85. The highest BCUT2D eigenvalue weighted by molar-refractivity contribution is 5.07. The second kappa shape index (κ2) is 5.94. The van der Waals surface area contributed by atoms with E-state index in [1.165, 1.54) is 0 Å². The second-order valence-electron chi connectivity index (χ2n) is 4.48. The molecule has 0 fully saturated rings. The van der Waals surface area contributed by atoms with Crippen molar-refractivity contribution >= 4 is 0 Å². The van der Waals surface area contributed by atoms with Crippen LogP contribution in [0.5, 0.6) is 0 Å². The van der Waals surface area contributed by atoms with E-state index in [1.807, 2.05) is 32.0 Å². The zero-order chi connectivity index (χ0) is 12.0. The van der Waals surface area contributed by atoms with Gasteiger partial charge in [0.05, 0.1) is 18.9 Å². The van der Waals surface area contributed by atoms with Crippen LogP contribution in [0.15, 0.2) is 24.4 Å². The number of aromatic nitrogens is 1. The lowest BCUT2D eigenvalue weighted by Crippen LogP contribution is -2.39. The molecule has 4 heteroatoms. The maximum absolute atomic E-state index is 9.15. The van der Waals surface area contributed by atoms with Gasteiger partial charge in [-0.05, 0) is 19.1 Å². The molecule has 1 rings (SSSR count).